The van der Waals surface area contributed by atoms with Crippen molar-refractivity contribution in [3.05, 3.63) is 48.0 Å². The summed E-state index contributed by atoms with van der Waals surface area (Å²) in [7, 11) is 0. The van der Waals surface area contributed by atoms with Crippen molar-refractivity contribution in [2.45, 2.75) is 13.8 Å². The first-order valence-corrected chi connectivity index (χ1v) is 4.79. The van der Waals surface area contributed by atoms with Crippen molar-refractivity contribution in [1.29, 1.82) is 0 Å². The molecule has 1 aromatic carbocycles. The maximum Gasteiger partial charge on any atom is 0.179 e. The Kier molecular flexibility index (Phi) is 2.37. The minimum absolute atomic E-state index is 0.0117. The summed E-state index contributed by atoms with van der Waals surface area (Å²) in [5.74, 6) is -0.0117. The lowest BCUT2D eigenvalue weighted by Gasteiger charge is -2.04. The third-order valence-electron chi connectivity index (χ3n) is 2.34. The molecule has 76 valence electrons. The van der Waals surface area contributed by atoms with E-state index >= 15 is 0 Å². The zero-order valence-electron chi connectivity index (χ0n) is 8.77. The lowest BCUT2D eigenvalue weighted by Crippen LogP contribution is -1.94. The number of hydrogen-bond donors (Lipinski definition) is 0. The number of nitrogens with zero attached hydrogens (tertiary/aromatic N) is 2. The number of carbonyl (C=O) groups is 1. The zero-order valence-corrected chi connectivity index (χ0v) is 8.77. The average molecular weight is 200 g/mol. The molecule has 2 rings (SSSR count). The van der Waals surface area contributed by atoms with E-state index in [1.54, 1.807) is 12.5 Å². The maximum atomic E-state index is 11.1. The smallest absolute Gasteiger partial charge is 0.179 e. The van der Waals surface area contributed by atoms with Crippen LogP contribution < -0.4 is 0 Å². The van der Waals surface area contributed by atoms with Crippen LogP contribution >= 0.6 is 0 Å². The van der Waals surface area contributed by atoms with Crippen LogP contribution in [0.1, 0.15) is 23.0 Å². The molecule has 0 unspecified atom stereocenters. The Morgan fingerprint density at radius 2 is 2.07 bits per heavy atom. The Bertz CT molecular complexity index is 500. The third kappa shape index (κ3) is 1.81. The van der Waals surface area contributed by atoms with Crippen LogP contribution in [0.25, 0.3) is 5.69 Å². The fourth-order valence-corrected chi connectivity index (χ4v) is 1.49. The van der Waals surface area contributed by atoms with E-state index in [-0.39, 0.29) is 5.78 Å². The molecule has 15 heavy (non-hydrogen) atoms. The summed E-state index contributed by atoms with van der Waals surface area (Å²) in [6.07, 6.45) is 3.42. The van der Waals surface area contributed by atoms with E-state index in [1.807, 2.05) is 35.8 Å². The van der Waals surface area contributed by atoms with Gasteiger partial charge in [0.2, 0.25) is 0 Å². The van der Waals surface area contributed by atoms with E-state index in [9.17, 15) is 4.79 Å². The van der Waals surface area contributed by atoms with Crippen molar-refractivity contribution >= 4 is 5.78 Å². The second-order valence-corrected chi connectivity index (χ2v) is 3.51. The second-order valence-electron chi connectivity index (χ2n) is 3.51. The van der Waals surface area contributed by atoms with Gasteiger partial charge in [-0.25, -0.2) is 4.98 Å². The first-order valence-electron chi connectivity index (χ1n) is 4.79. The summed E-state index contributed by atoms with van der Waals surface area (Å²) in [4.78, 5) is 15.1. The molecule has 0 N–H and O–H groups in total. The highest BCUT2D eigenvalue weighted by atomic mass is 16.1. The zero-order chi connectivity index (χ0) is 10.8. The first-order chi connectivity index (χ1) is 7.18. The Balaban J connectivity index is 2.46. The average Bonchev–Trinajstić information content (AvgIpc) is 2.67. The fraction of sp³-hybridized carbons (Fsp3) is 0.167. The minimum Gasteiger partial charge on any atom is -0.305 e. The monoisotopic (exact) mass is 200 g/mol. The highest BCUT2D eigenvalue weighted by Crippen LogP contribution is 2.13. The molecule has 1 aromatic heterocycles. The molecule has 0 fully saturated rings. The summed E-state index contributed by atoms with van der Waals surface area (Å²) in [5.41, 5.74) is 2.71. The molecule has 0 amide bonds. The molecule has 3 nitrogen and oxygen atoms in total. The molecule has 0 bridgehead atoms. The van der Waals surface area contributed by atoms with Gasteiger partial charge in [0.15, 0.2) is 5.78 Å². The van der Waals surface area contributed by atoms with Crippen molar-refractivity contribution in [3.63, 3.8) is 0 Å². The Morgan fingerprint density at radius 1 is 1.33 bits per heavy atom. The molecule has 2 aromatic rings. The highest BCUT2D eigenvalue weighted by molar-refractivity contribution is 5.91. The van der Waals surface area contributed by atoms with E-state index in [2.05, 4.69) is 4.98 Å². The van der Waals surface area contributed by atoms with Crippen molar-refractivity contribution in [2.24, 2.45) is 0 Å². The number of Topliss-reactive ketones (excluding diaryl/α,β-unsaturated/α-hetero) is 1. The molecular weight excluding hydrogens is 188 g/mol. The summed E-state index contributed by atoms with van der Waals surface area (Å²) < 4.78 is 1.87. The standard InChI is InChI=1S/C12H12N2O/c1-9-5-3-4-6-12(9)14-7-11(10(2)15)13-8-14/h3-8H,1-2H3. The lowest BCUT2D eigenvalue weighted by molar-refractivity contribution is 0.101. The van der Waals surface area contributed by atoms with Gasteiger partial charge in [0, 0.05) is 18.8 Å². The predicted molar refractivity (Wildman–Crippen MR) is 58.3 cm³/mol. The SMILES string of the molecule is CC(=O)c1cn(-c2ccccc2C)cn1. The van der Waals surface area contributed by atoms with Crippen LogP contribution in [0.15, 0.2) is 36.8 Å². The van der Waals surface area contributed by atoms with Crippen LogP contribution in [-0.2, 0) is 0 Å². The van der Waals surface area contributed by atoms with Crippen molar-refractivity contribution in [2.75, 3.05) is 0 Å². The van der Waals surface area contributed by atoms with Gasteiger partial charge in [-0.05, 0) is 18.6 Å². The quantitative estimate of drug-likeness (QED) is 0.697. The summed E-state index contributed by atoms with van der Waals surface area (Å²) in [6.45, 7) is 3.55. The molecule has 1 heterocycles. The molecular formula is C12H12N2O. The molecule has 0 radical (unpaired) electrons. The summed E-state index contributed by atoms with van der Waals surface area (Å²) in [5, 5.41) is 0. The van der Waals surface area contributed by atoms with Gasteiger partial charge < -0.3 is 4.57 Å². The fourth-order valence-electron chi connectivity index (χ4n) is 1.49. The van der Waals surface area contributed by atoms with Gasteiger partial charge in [0.1, 0.15) is 12.0 Å². The van der Waals surface area contributed by atoms with Crippen LogP contribution in [0.3, 0.4) is 0 Å². The van der Waals surface area contributed by atoms with Gasteiger partial charge in [-0.2, -0.15) is 0 Å². The molecule has 0 atom stereocenters. The van der Waals surface area contributed by atoms with Crippen molar-refractivity contribution in [1.82, 2.24) is 9.55 Å². The Morgan fingerprint density at radius 3 is 2.67 bits per heavy atom. The Labute approximate surface area is 88.4 Å². The van der Waals surface area contributed by atoms with Crippen LogP contribution in [0.4, 0.5) is 0 Å². The van der Waals surface area contributed by atoms with Crippen LogP contribution in [0.5, 0.6) is 0 Å². The number of aromatic nitrogens is 2. The van der Waals surface area contributed by atoms with Gasteiger partial charge in [-0.3, -0.25) is 4.79 Å². The van der Waals surface area contributed by atoms with Gasteiger partial charge in [0.05, 0.1) is 0 Å². The van der Waals surface area contributed by atoms with Crippen molar-refractivity contribution in [3.8, 4) is 5.69 Å². The maximum absolute atomic E-state index is 11.1. The Hall–Kier alpha value is -1.90. The van der Waals surface area contributed by atoms with E-state index in [0.29, 0.717) is 5.69 Å². The number of carbonyl (C=O) groups excluding carboxylic acids is 1. The van der Waals surface area contributed by atoms with Crippen LogP contribution in [0.2, 0.25) is 0 Å². The largest absolute Gasteiger partial charge is 0.305 e. The van der Waals surface area contributed by atoms with Crippen LogP contribution in [-0.4, -0.2) is 15.3 Å². The van der Waals surface area contributed by atoms with Gasteiger partial charge in [-0.15, -0.1) is 0 Å². The van der Waals surface area contributed by atoms with Gasteiger partial charge >= 0.3 is 0 Å². The normalized spacial score (nSPS) is 10.3. The van der Waals surface area contributed by atoms with E-state index in [4.69, 9.17) is 0 Å². The molecule has 0 aliphatic heterocycles. The first kappa shape index (κ1) is 9.65. The number of aryl methyl sites for hydroxylation is 1. The molecule has 0 aliphatic carbocycles. The molecule has 0 saturated carbocycles. The van der Waals surface area contributed by atoms with Gasteiger partial charge in [-0.1, -0.05) is 18.2 Å². The molecule has 3 heteroatoms. The van der Waals surface area contributed by atoms with E-state index in [0.717, 1.165) is 11.3 Å². The number of rotatable bonds is 2. The summed E-state index contributed by atoms with van der Waals surface area (Å²) >= 11 is 0. The molecule has 0 spiro atoms. The summed E-state index contributed by atoms with van der Waals surface area (Å²) in [6, 6.07) is 7.99. The topological polar surface area (TPSA) is 34.9 Å². The van der Waals surface area contributed by atoms with Crippen molar-refractivity contribution < 1.29 is 4.79 Å². The lowest BCUT2D eigenvalue weighted by atomic mass is 10.2. The third-order valence-corrected chi connectivity index (χ3v) is 2.34. The molecule has 0 aliphatic rings. The predicted octanol–water partition coefficient (Wildman–Crippen LogP) is 2.38. The number of imidazole rings is 1. The number of ketones is 1. The van der Waals surface area contributed by atoms with Crippen LogP contribution in [0, 0.1) is 6.92 Å². The molecule has 0 saturated heterocycles. The van der Waals surface area contributed by atoms with E-state index < -0.39 is 0 Å². The number of para-hydroxylation sites is 1. The highest BCUT2D eigenvalue weighted by Gasteiger charge is 2.05. The number of benzene rings is 1. The minimum atomic E-state index is -0.0117. The van der Waals surface area contributed by atoms with Gasteiger partial charge in [0.25, 0.3) is 0 Å². The number of hydrogen-bond acceptors (Lipinski definition) is 2. The van der Waals surface area contributed by atoms with E-state index in [1.165, 1.54) is 6.92 Å². The second kappa shape index (κ2) is 3.69.